The molecule has 2 aromatic carbocycles. The number of carbonyl (C=O) groups excluding carboxylic acids is 1. The lowest BCUT2D eigenvalue weighted by Crippen LogP contribution is -2.06. The van der Waals surface area contributed by atoms with Crippen LogP contribution < -0.4 is 5.73 Å². The van der Waals surface area contributed by atoms with Crippen LogP contribution in [-0.4, -0.2) is 38.3 Å². The Kier molecular flexibility index (Phi) is 4.88. The van der Waals surface area contributed by atoms with Gasteiger partial charge in [0.2, 0.25) is 0 Å². The number of anilines is 1. The first-order chi connectivity index (χ1) is 14.5. The second kappa shape index (κ2) is 7.66. The van der Waals surface area contributed by atoms with Gasteiger partial charge in [-0.15, -0.1) is 5.10 Å². The molecule has 0 spiro atoms. The maximum Gasteiger partial charge on any atom is 0.337 e. The summed E-state index contributed by atoms with van der Waals surface area (Å²) < 4.78 is 33.7. The molecule has 0 atom stereocenters. The van der Waals surface area contributed by atoms with Crippen LogP contribution >= 0.6 is 0 Å². The topological polar surface area (TPSA) is 109 Å². The van der Waals surface area contributed by atoms with Gasteiger partial charge in [0.25, 0.3) is 0 Å². The zero-order valence-corrected chi connectivity index (χ0v) is 15.6. The Morgan fingerprint density at radius 1 is 1.10 bits per heavy atom. The molecular formula is C20H14F2N6O2. The molecule has 0 aliphatic rings. The number of hydrogen-bond donors (Lipinski definition) is 1. The number of halogens is 2. The number of benzene rings is 2. The summed E-state index contributed by atoms with van der Waals surface area (Å²) >= 11 is 0. The molecule has 0 aliphatic heterocycles. The number of nitrogens with two attached hydrogens (primary N) is 1. The molecule has 150 valence electrons. The van der Waals surface area contributed by atoms with Crippen LogP contribution in [0.4, 0.5) is 14.6 Å². The number of esters is 1. The van der Waals surface area contributed by atoms with Crippen LogP contribution in [0.15, 0.2) is 54.7 Å². The highest BCUT2D eigenvalue weighted by Gasteiger charge is 2.19. The van der Waals surface area contributed by atoms with Gasteiger partial charge >= 0.3 is 5.97 Å². The number of carbonyl (C=O) groups is 1. The van der Waals surface area contributed by atoms with Crippen molar-refractivity contribution in [3.8, 4) is 28.2 Å². The van der Waals surface area contributed by atoms with Gasteiger partial charge in [0.05, 0.1) is 18.2 Å². The van der Waals surface area contributed by atoms with Crippen LogP contribution in [0, 0.1) is 11.6 Å². The van der Waals surface area contributed by atoms with E-state index in [1.165, 1.54) is 19.2 Å². The number of tetrazole rings is 1. The second-order valence-electron chi connectivity index (χ2n) is 6.21. The van der Waals surface area contributed by atoms with Crippen molar-refractivity contribution in [2.45, 2.75) is 0 Å². The molecule has 4 rings (SSSR count). The van der Waals surface area contributed by atoms with Crippen molar-refractivity contribution in [1.29, 1.82) is 0 Å². The number of pyridine rings is 1. The Morgan fingerprint density at radius 3 is 2.60 bits per heavy atom. The smallest absolute Gasteiger partial charge is 0.337 e. The van der Waals surface area contributed by atoms with E-state index in [0.717, 1.165) is 16.3 Å². The molecule has 30 heavy (non-hydrogen) atoms. The molecule has 0 saturated heterocycles. The molecule has 0 bridgehead atoms. The van der Waals surface area contributed by atoms with E-state index < -0.39 is 17.6 Å². The highest BCUT2D eigenvalue weighted by molar-refractivity contribution is 5.90. The Labute approximate surface area is 168 Å². The molecule has 0 amide bonds. The van der Waals surface area contributed by atoms with Crippen LogP contribution in [-0.2, 0) is 4.74 Å². The molecule has 2 aromatic heterocycles. The van der Waals surface area contributed by atoms with Gasteiger partial charge in [0.15, 0.2) is 17.5 Å². The average Bonchev–Trinajstić information content (AvgIpc) is 3.25. The van der Waals surface area contributed by atoms with Gasteiger partial charge in [-0.1, -0.05) is 18.2 Å². The van der Waals surface area contributed by atoms with E-state index in [0.29, 0.717) is 16.7 Å². The fourth-order valence-electron chi connectivity index (χ4n) is 2.90. The van der Waals surface area contributed by atoms with Gasteiger partial charge < -0.3 is 10.5 Å². The number of methoxy groups -OCH3 is 1. The van der Waals surface area contributed by atoms with Crippen molar-refractivity contribution in [2.75, 3.05) is 12.8 Å². The van der Waals surface area contributed by atoms with Gasteiger partial charge in [-0.05, 0) is 46.3 Å². The van der Waals surface area contributed by atoms with Crippen molar-refractivity contribution in [2.24, 2.45) is 0 Å². The van der Waals surface area contributed by atoms with E-state index in [4.69, 9.17) is 5.73 Å². The highest BCUT2D eigenvalue weighted by Crippen LogP contribution is 2.30. The monoisotopic (exact) mass is 408 g/mol. The van der Waals surface area contributed by atoms with Crippen molar-refractivity contribution in [1.82, 2.24) is 25.2 Å². The van der Waals surface area contributed by atoms with Crippen LogP contribution in [0.2, 0.25) is 0 Å². The molecule has 4 aromatic rings. The maximum absolute atomic E-state index is 14.3. The maximum atomic E-state index is 14.3. The Balaban J connectivity index is 1.78. The van der Waals surface area contributed by atoms with Crippen molar-refractivity contribution < 1.29 is 18.3 Å². The van der Waals surface area contributed by atoms with Gasteiger partial charge in [0, 0.05) is 11.8 Å². The quantitative estimate of drug-likeness (QED) is 0.517. The van der Waals surface area contributed by atoms with E-state index in [2.05, 4.69) is 25.2 Å². The van der Waals surface area contributed by atoms with Gasteiger partial charge in [-0.25, -0.2) is 18.6 Å². The van der Waals surface area contributed by atoms with Crippen LogP contribution in [0.3, 0.4) is 0 Å². The summed E-state index contributed by atoms with van der Waals surface area (Å²) in [6, 6.07) is 12.0. The number of nitrogen functional groups attached to an aromatic ring is 1. The predicted molar refractivity (Wildman–Crippen MR) is 103 cm³/mol. The molecule has 2 N–H and O–H groups in total. The Bertz CT molecular complexity index is 1240. The lowest BCUT2D eigenvalue weighted by molar-refractivity contribution is 0.0600. The lowest BCUT2D eigenvalue weighted by atomic mass is 10.0. The van der Waals surface area contributed by atoms with Crippen LogP contribution in [0.5, 0.6) is 0 Å². The third-order valence-electron chi connectivity index (χ3n) is 4.43. The minimum atomic E-state index is -1.09. The minimum absolute atomic E-state index is 0.0949. The number of rotatable bonds is 4. The standard InChI is InChI=1S/C20H14F2N6O2/c1-30-20(29)12-7-5-11(6-8-12)13-9-14(18(23)24-10-13)19-25-26-27-28(19)16-4-2-3-15(21)17(16)22/h2-10H,1H3,(H2,23,24). The Morgan fingerprint density at radius 2 is 1.87 bits per heavy atom. The summed E-state index contributed by atoms with van der Waals surface area (Å²) in [6.07, 6.45) is 1.54. The zero-order valence-electron chi connectivity index (χ0n) is 15.6. The van der Waals surface area contributed by atoms with Gasteiger partial charge in [-0.3, -0.25) is 0 Å². The van der Waals surface area contributed by atoms with Gasteiger partial charge in [-0.2, -0.15) is 4.68 Å². The van der Waals surface area contributed by atoms with E-state index in [-0.39, 0.29) is 17.3 Å². The largest absolute Gasteiger partial charge is 0.465 e. The fraction of sp³-hybridized carbons (Fsp3) is 0.0500. The molecule has 0 radical (unpaired) electrons. The normalized spacial score (nSPS) is 10.8. The van der Waals surface area contributed by atoms with Crippen molar-refractivity contribution >= 4 is 11.8 Å². The minimum Gasteiger partial charge on any atom is -0.465 e. The van der Waals surface area contributed by atoms with Crippen LogP contribution in [0.1, 0.15) is 10.4 Å². The summed E-state index contributed by atoms with van der Waals surface area (Å²) in [6.45, 7) is 0. The first-order valence-corrected chi connectivity index (χ1v) is 8.67. The molecular weight excluding hydrogens is 394 g/mol. The van der Waals surface area contributed by atoms with E-state index >= 15 is 0 Å². The number of hydrogen-bond acceptors (Lipinski definition) is 7. The summed E-state index contributed by atoms with van der Waals surface area (Å²) in [5.41, 5.74) is 7.97. The lowest BCUT2D eigenvalue weighted by Gasteiger charge is -2.10. The molecule has 10 heteroatoms. The third-order valence-corrected chi connectivity index (χ3v) is 4.43. The average molecular weight is 408 g/mol. The molecule has 2 heterocycles. The van der Waals surface area contributed by atoms with Gasteiger partial charge in [0.1, 0.15) is 11.5 Å². The SMILES string of the molecule is COC(=O)c1ccc(-c2cnc(N)c(-c3nnnn3-c3cccc(F)c3F)c2)cc1. The second-order valence-corrected chi connectivity index (χ2v) is 6.21. The van der Waals surface area contributed by atoms with E-state index in [1.54, 1.807) is 36.5 Å². The number of nitrogens with zero attached hydrogens (tertiary/aromatic N) is 5. The Hall–Kier alpha value is -4.21. The summed E-state index contributed by atoms with van der Waals surface area (Å²) in [5.74, 6) is -2.36. The molecule has 0 aliphatic carbocycles. The number of ether oxygens (including phenoxy) is 1. The fourth-order valence-corrected chi connectivity index (χ4v) is 2.90. The van der Waals surface area contributed by atoms with E-state index in [1.807, 2.05) is 0 Å². The molecule has 0 fully saturated rings. The molecule has 0 unspecified atom stereocenters. The van der Waals surface area contributed by atoms with Crippen molar-refractivity contribution in [3.63, 3.8) is 0 Å². The highest BCUT2D eigenvalue weighted by atomic mass is 19.2. The molecule has 8 nitrogen and oxygen atoms in total. The molecule has 0 saturated carbocycles. The summed E-state index contributed by atoms with van der Waals surface area (Å²) in [7, 11) is 1.30. The first kappa shape index (κ1) is 19.1. The number of aromatic nitrogens is 5. The zero-order chi connectivity index (χ0) is 21.3. The predicted octanol–water partition coefficient (Wildman–Crippen LogP) is 3.04. The first-order valence-electron chi connectivity index (χ1n) is 8.67. The van der Waals surface area contributed by atoms with Crippen LogP contribution in [0.25, 0.3) is 28.2 Å². The van der Waals surface area contributed by atoms with E-state index in [9.17, 15) is 13.6 Å². The third kappa shape index (κ3) is 3.34. The van der Waals surface area contributed by atoms with Crippen molar-refractivity contribution in [3.05, 3.63) is 71.9 Å². The summed E-state index contributed by atoms with van der Waals surface area (Å²) in [4.78, 5) is 15.8. The summed E-state index contributed by atoms with van der Waals surface area (Å²) in [5, 5.41) is 11.2.